The van der Waals surface area contributed by atoms with E-state index in [0.717, 1.165) is 43.0 Å². The van der Waals surface area contributed by atoms with Gasteiger partial charge in [0.1, 0.15) is 18.1 Å². The molecule has 2 aliphatic heterocycles. The summed E-state index contributed by atoms with van der Waals surface area (Å²) in [4.78, 5) is 13.0. The molecule has 0 atom stereocenters. The first-order chi connectivity index (χ1) is 14.4. The minimum Gasteiger partial charge on any atom is -0.492 e. The predicted octanol–water partition coefficient (Wildman–Crippen LogP) is 5.43. The van der Waals surface area contributed by atoms with Crippen LogP contribution < -0.4 is 9.47 Å². The van der Waals surface area contributed by atoms with Crippen molar-refractivity contribution in [2.24, 2.45) is 0 Å². The van der Waals surface area contributed by atoms with E-state index in [2.05, 4.69) is 4.90 Å². The number of piperidine rings is 1. The molecule has 2 aromatic carbocycles. The van der Waals surface area contributed by atoms with Gasteiger partial charge in [-0.05, 0) is 56.3 Å². The Morgan fingerprint density at radius 1 is 1.13 bits per heavy atom. The van der Waals surface area contributed by atoms with Crippen molar-refractivity contribution in [3.63, 3.8) is 0 Å². The Hall–Kier alpha value is -1.66. The lowest BCUT2D eigenvalue weighted by atomic mass is 9.74. The van der Waals surface area contributed by atoms with Gasteiger partial charge >= 0.3 is 5.97 Å². The Balaban J connectivity index is 1.46. The number of hydrogen-bond donors (Lipinski definition) is 1. The van der Waals surface area contributed by atoms with E-state index < -0.39 is 5.97 Å². The number of ether oxygens (including phenoxy) is 2. The van der Waals surface area contributed by atoms with Crippen molar-refractivity contribution >= 4 is 40.8 Å². The molecule has 0 saturated carbocycles. The summed E-state index contributed by atoms with van der Waals surface area (Å²) in [6.45, 7) is 3.19. The van der Waals surface area contributed by atoms with Crippen molar-refractivity contribution in [3.05, 3.63) is 56.5 Å². The number of nitrogens with zero attached hydrogens (tertiary/aromatic N) is 1. The monoisotopic (exact) mass is 469 g/mol. The van der Waals surface area contributed by atoms with Gasteiger partial charge in [-0.1, -0.05) is 34.8 Å². The highest BCUT2D eigenvalue weighted by molar-refractivity contribution is 6.39. The van der Waals surface area contributed by atoms with Crippen LogP contribution in [0.25, 0.3) is 0 Å². The number of carboxylic acid groups (broad SMARTS) is 1. The van der Waals surface area contributed by atoms with Gasteiger partial charge in [0.25, 0.3) is 0 Å². The number of aliphatic carboxylic acids is 1. The summed E-state index contributed by atoms with van der Waals surface area (Å²) in [5.41, 5.74) is 1.80. The Kier molecular flexibility index (Phi) is 6.35. The summed E-state index contributed by atoms with van der Waals surface area (Å²) in [7, 11) is 0. The number of hydrogen-bond acceptors (Lipinski definition) is 4. The largest absolute Gasteiger partial charge is 0.492 e. The first-order valence-corrected chi connectivity index (χ1v) is 11.0. The second-order valence-corrected chi connectivity index (χ2v) is 9.10. The smallest absolute Gasteiger partial charge is 0.304 e. The lowest BCUT2D eigenvalue weighted by molar-refractivity contribution is -0.137. The number of halogens is 3. The highest BCUT2D eigenvalue weighted by Crippen LogP contribution is 2.47. The van der Waals surface area contributed by atoms with Crippen LogP contribution in [0.5, 0.6) is 11.5 Å². The molecule has 5 nitrogen and oxygen atoms in total. The van der Waals surface area contributed by atoms with Crippen LogP contribution in [-0.4, -0.2) is 42.2 Å². The standard InChI is InChI=1S/C22H22Cl3NO4/c23-14-9-18(24)16(19(25)10-14)12-29-15-1-2-20-17(11-15)22(13-30-20)4-7-26(8-5-22)6-3-21(27)28/h1-2,9-11H,3-8,12-13H2,(H,27,28). The van der Waals surface area contributed by atoms with Crippen molar-refractivity contribution < 1.29 is 19.4 Å². The van der Waals surface area contributed by atoms with Gasteiger partial charge in [0.15, 0.2) is 0 Å². The Morgan fingerprint density at radius 3 is 2.50 bits per heavy atom. The van der Waals surface area contributed by atoms with Gasteiger partial charge < -0.3 is 19.5 Å². The molecule has 0 aliphatic carbocycles. The lowest BCUT2D eigenvalue weighted by Gasteiger charge is -2.38. The van der Waals surface area contributed by atoms with Crippen molar-refractivity contribution in [3.8, 4) is 11.5 Å². The molecule has 1 fully saturated rings. The molecule has 0 bridgehead atoms. The fourth-order valence-corrected chi connectivity index (χ4v) is 5.10. The molecule has 160 valence electrons. The molecular formula is C22H22Cl3NO4. The number of carbonyl (C=O) groups is 1. The normalized spacial score (nSPS) is 17.6. The average Bonchev–Trinajstić information content (AvgIpc) is 3.04. The molecule has 0 aromatic heterocycles. The predicted molar refractivity (Wildman–Crippen MR) is 117 cm³/mol. The second-order valence-electron chi connectivity index (χ2n) is 7.85. The second kappa shape index (κ2) is 8.83. The zero-order valence-corrected chi connectivity index (χ0v) is 18.6. The molecule has 2 aliphatic rings. The molecule has 1 saturated heterocycles. The molecule has 1 N–H and O–H groups in total. The molecule has 2 aromatic rings. The lowest BCUT2D eigenvalue weighted by Crippen LogP contribution is -2.44. The molecule has 4 rings (SSSR count). The maximum atomic E-state index is 10.8. The van der Waals surface area contributed by atoms with Gasteiger partial charge in [-0.3, -0.25) is 4.79 Å². The van der Waals surface area contributed by atoms with E-state index in [-0.39, 0.29) is 18.4 Å². The van der Waals surface area contributed by atoms with Crippen LogP contribution in [0, 0.1) is 0 Å². The van der Waals surface area contributed by atoms with Crippen LogP contribution in [0.1, 0.15) is 30.4 Å². The fourth-order valence-electron chi connectivity index (χ4n) is 4.17. The maximum Gasteiger partial charge on any atom is 0.304 e. The number of benzene rings is 2. The van der Waals surface area contributed by atoms with Crippen LogP contribution in [0.2, 0.25) is 15.1 Å². The number of rotatable bonds is 6. The van der Waals surface area contributed by atoms with Gasteiger partial charge in [0.2, 0.25) is 0 Å². The number of carboxylic acids is 1. The van der Waals surface area contributed by atoms with Crippen LogP contribution in [-0.2, 0) is 16.8 Å². The zero-order chi connectivity index (χ0) is 21.3. The molecule has 1 spiro atoms. The van der Waals surface area contributed by atoms with Crippen LogP contribution in [0.3, 0.4) is 0 Å². The summed E-state index contributed by atoms with van der Waals surface area (Å²) in [6, 6.07) is 9.18. The van der Waals surface area contributed by atoms with Gasteiger partial charge in [0, 0.05) is 28.1 Å². The third-order valence-corrected chi connectivity index (χ3v) is 6.86. The highest BCUT2D eigenvalue weighted by Gasteiger charge is 2.43. The van der Waals surface area contributed by atoms with E-state index >= 15 is 0 Å². The van der Waals surface area contributed by atoms with Gasteiger partial charge in [-0.2, -0.15) is 0 Å². The topological polar surface area (TPSA) is 59.0 Å². The maximum absolute atomic E-state index is 10.8. The number of likely N-dealkylation sites (tertiary alicyclic amines) is 1. The van der Waals surface area contributed by atoms with Crippen LogP contribution in [0.15, 0.2) is 30.3 Å². The van der Waals surface area contributed by atoms with Gasteiger partial charge in [0.05, 0.1) is 23.1 Å². The molecule has 8 heteroatoms. The van der Waals surface area contributed by atoms with E-state index in [1.165, 1.54) is 0 Å². The molecule has 0 radical (unpaired) electrons. The first kappa shape index (κ1) is 21.6. The fraction of sp³-hybridized carbons (Fsp3) is 0.409. The van der Waals surface area contributed by atoms with Crippen LogP contribution in [0.4, 0.5) is 0 Å². The third-order valence-electron chi connectivity index (χ3n) is 5.97. The van der Waals surface area contributed by atoms with E-state index in [1.54, 1.807) is 12.1 Å². The molecule has 0 amide bonds. The quantitative estimate of drug-likeness (QED) is 0.610. The van der Waals surface area contributed by atoms with Crippen molar-refractivity contribution in [2.75, 3.05) is 26.2 Å². The Morgan fingerprint density at radius 2 is 1.83 bits per heavy atom. The Labute approximate surface area is 190 Å². The average molecular weight is 471 g/mol. The van der Waals surface area contributed by atoms with E-state index in [1.807, 2.05) is 18.2 Å². The summed E-state index contributed by atoms with van der Waals surface area (Å²) in [5.74, 6) is 0.866. The number of fused-ring (bicyclic) bond motifs is 2. The van der Waals surface area contributed by atoms with Crippen molar-refractivity contribution in [1.29, 1.82) is 0 Å². The van der Waals surface area contributed by atoms with E-state index in [9.17, 15) is 4.79 Å². The molecular weight excluding hydrogens is 449 g/mol. The van der Waals surface area contributed by atoms with Gasteiger partial charge in [-0.25, -0.2) is 0 Å². The molecule has 30 heavy (non-hydrogen) atoms. The molecule has 0 unspecified atom stereocenters. The summed E-state index contributed by atoms with van der Waals surface area (Å²) < 4.78 is 12.0. The van der Waals surface area contributed by atoms with Crippen molar-refractivity contribution in [2.45, 2.75) is 31.3 Å². The SMILES string of the molecule is O=C(O)CCN1CCC2(CC1)COc1ccc(OCc3c(Cl)cc(Cl)cc3Cl)cc12. The van der Waals surface area contributed by atoms with Crippen LogP contribution >= 0.6 is 34.8 Å². The zero-order valence-electron chi connectivity index (χ0n) is 16.3. The van der Waals surface area contributed by atoms with E-state index in [4.69, 9.17) is 49.4 Å². The Bertz CT molecular complexity index is 934. The summed E-state index contributed by atoms with van der Waals surface area (Å²) in [5, 5.41) is 10.3. The minimum absolute atomic E-state index is 0.0516. The summed E-state index contributed by atoms with van der Waals surface area (Å²) >= 11 is 18.5. The third kappa shape index (κ3) is 4.50. The van der Waals surface area contributed by atoms with Gasteiger partial charge in [-0.15, -0.1) is 0 Å². The molecule has 2 heterocycles. The minimum atomic E-state index is -0.757. The summed E-state index contributed by atoms with van der Waals surface area (Å²) in [6.07, 6.45) is 2.03. The highest BCUT2D eigenvalue weighted by atomic mass is 35.5. The van der Waals surface area contributed by atoms with E-state index in [0.29, 0.717) is 33.8 Å². The first-order valence-electron chi connectivity index (χ1n) is 9.84. The van der Waals surface area contributed by atoms with Crippen molar-refractivity contribution in [1.82, 2.24) is 4.90 Å².